The minimum atomic E-state index is 0.575. The lowest BCUT2D eigenvalue weighted by molar-refractivity contribution is 0.311. The van der Waals surface area contributed by atoms with Gasteiger partial charge in [0.2, 0.25) is 0 Å². The highest BCUT2D eigenvalue weighted by Gasteiger charge is 2.12. The Labute approximate surface area is 177 Å². The second-order valence-corrected chi connectivity index (χ2v) is 7.48. The summed E-state index contributed by atoms with van der Waals surface area (Å²) in [5.74, 6) is 2.03. The number of thiazole rings is 1. The van der Waals surface area contributed by atoms with E-state index in [1.165, 1.54) is 0 Å². The molecule has 0 fully saturated rings. The van der Waals surface area contributed by atoms with Gasteiger partial charge in [0.15, 0.2) is 23.0 Å². The molecule has 5 rings (SSSR count). The van der Waals surface area contributed by atoms with Crippen LogP contribution in [0.5, 0.6) is 11.5 Å². The summed E-state index contributed by atoms with van der Waals surface area (Å²) >= 11 is 1.62. The predicted octanol–water partition coefficient (Wildman–Crippen LogP) is 5.16. The molecular formula is C22H19N5O2S. The van der Waals surface area contributed by atoms with Crippen molar-refractivity contribution in [3.05, 3.63) is 60.5 Å². The number of nitrogens with one attached hydrogen (secondary N) is 1. The number of benzene rings is 2. The van der Waals surface area contributed by atoms with Crippen molar-refractivity contribution in [1.29, 1.82) is 0 Å². The van der Waals surface area contributed by atoms with Crippen LogP contribution in [0.15, 0.2) is 60.5 Å². The lowest BCUT2D eigenvalue weighted by atomic mass is 10.1. The smallest absolute Gasteiger partial charge is 0.180 e. The van der Waals surface area contributed by atoms with Gasteiger partial charge in [-0.15, -0.1) is 11.3 Å². The number of rotatable bonds is 6. The number of hydrogen-bond donors (Lipinski definition) is 1. The van der Waals surface area contributed by atoms with Crippen molar-refractivity contribution in [1.82, 2.24) is 19.4 Å². The number of ether oxygens (including phenoxy) is 2. The molecule has 3 heterocycles. The monoisotopic (exact) mass is 417 g/mol. The first-order chi connectivity index (χ1) is 14.7. The molecule has 0 aliphatic carbocycles. The summed E-state index contributed by atoms with van der Waals surface area (Å²) in [4.78, 5) is 13.7. The fourth-order valence-corrected chi connectivity index (χ4v) is 4.04. The Balaban J connectivity index is 1.56. The van der Waals surface area contributed by atoms with Gasteiger partial charge in [-0.25, -0.2) is 15.0 Å². The largest absolute Gasteiger partial charge is 0.493 e. The molecule has 3 aromatic heterocycles. The van der Waals surface area contributed by atoms with Crippen molar-refractivity contribution < 1.29 is 9.47 Å². The maximum Gasteiger partial charge on any atom is 0.180 e. The Hall–Kier alpha value is -3.65. The highest BCUT2D eigenvalue weighted by Crippen LogP contribution is 2.33. The molecule has 2 aromatic carbocycles. The second kappa shape index (κ2) is 7.64. The molecule has 0 aliphatic rings. The fraction of sp³-hybridized carbons (Fsp3) is 0.136. The van der Waals surface area contributed by atoms with E-state index in [2.05, 4.69) is 21.4 Å². The SMILES string of the molecule is CCOc1ccc(Nc2nc(-c3ccc4ncsc4c3)cn3ccnc23)cc1OC. The normalized spacial score (nSPS) is 11.1. The van der Waals surface area contributed by atoms with Gasteiger partial charge in [0, 0.05) is 35.9 Å². The molecule has 0 bridgehead atoms. The van der Waals surface area contributed by atoms with Crippen LogP contribution in [0.3, 0.4) is 0 Å². The zero-order valence-corrected chi connectivity index (χ0v) is 17.3. The number of imidazole rings is 1. The Morgan fingerprint density at radius 2 is 2.03 bits per heavy atom. The Kier molecular flexibility index (Phi) is 4.68. The van der Waals surface area contributed by atoms with E-state index in [9.17, 15) is 0 Å². The highest BCUT2D eigenvalue weighted by atomic mass is 32.1. The summed E-state index contributed by atoms with van der Waals surface area (Å²) in [6.45, 7) is 2.52. The number of fused-ring (bicyclic) bond motifs is 2. The van der Waals surface area contributed by atoms with Crippen LogP contribution in [0.25, 0.3) is 27.1 Å². The van der Waals surface area contributed by atoms with Crippen LogP contribution in [0.2, 0.25) is 0 Å². The average Bonchev–Trinajstić information content (AvgIpc) is 3.43. The fourth-order valence-electron chi connectivity index (χ4n) is 3.33. The molecular weight excluding hydrogens is 398 g/mol. The van der Waals surface area contributed by atoms with E-state index in [-0.39, 0.29) is 0 Å². The van der Waals surface area contributed by atoms with Gasteiger partial charge in [-0.1, -0.05) is 6.07 Å². The van der Waals surface area contributed by atoms with Gasteiger partial charge in [0.25, 0.3) is 0 Å². The lowest BCUT2D eigenvalue weighted by Gasteiger charge is -2.13. The first kappa shape index (κ1) is 18.4. The summed E-state index contributed by atoms with van der Waals surface area (Å²) in [5, 5.41) is 3.38. The molecule has 0 saturated heterocycles. The molecule has 5 aromatic rings. The van der Waals surface area contributed by atoms with Crippen LogP contribution < -0.4 is 14.8 Å². The van der Waals surface area contributed by atoms with Crippen LogP contribution in [0.4, 0.5) is 11.5 Å². The molecule has 0 aliphatic heterocycles. The van der Waals surface area contributed by atoms with Gasteiger partial charge >= 0.3 is 0 Å². The third-order valence-corrected chi connectivity index (χ3v) is 5.52. The molecule has 0 spiro atoms. The molecule has 0 amide bonds. The molecule has 0 atom stereocenters. The molecule has 1 N–H and O–H groups in total. The average molecular weight is 417 g/mol. The minimum Gasteiger partial charge on any atom is -0.493 e. The van der Waals surface area contributed by atoms with E-state index in [0.29, 0.717) is 23.9 Å². The number of hydrogen-bond acceptors (Lipinski definition) is 7. The van der Waals surface area contributed by atoms with Crippen LogP contribution in [-0.2, 0) is 0 Å². The molecule has 7 nitrogen and oxygen atoms in total. The standard InChI is InChI=1S/C22H19N5O2S/c1-3-29-18-7-5-15(11-19(18)28-2)25-21-22-23-8-9-27(22)12-17(26-21)14-4-6-16-20(10-14)30-13-24-16/h4-13H,3H2,1-2H3,(H,25,26). The highest BCUT2D eigenvalue weighted by molar-refractivity contribution is 7.16. The Morgan fingerprint density at radius 3 is 2.90 bits per heavy atom. The van der Waals surface area contributed by atoms with Crippen molar-refractivity contribution in [2.24, 2.45) is 0 Å². The van der Waals surface area contributed by atoms with E-state index >= 15 is 0 Å². The van der Waals surface area contributed by atoms with E-state index < -0.39 is 0 Å². The predicted molar refractivity (Wildman–Crippen MR) is 119 cm³/mol. The minimum absolute atomic E-state index is 0.575. The van der Waals surface area contributed by atoms with E-state index in [4.69, 9.17) is 14.5 Å². The quantitative estimate of drug-likeness (QED) is 0.412. The zero-order valence-electron chi connectivity index (χ0n) is 16.5. The van der Waals surface area contributed by atoms with Crippen LogP contribution in [0, 0.1) is 0 Å². The number of aromatic nitrogens is 4. The van der Waals surface area contributed by atoms with Gasteiger partial charge in [0.1, 0.15) is 0 Å². The van der Waals surface area contributed by atoms with Crippen LogP contribution >= 0.6 is 11.3 Å². The van der Waals surface area contributed by atoms with Gasteiger partial charge in [-0.3, -0.25) is 0 Å². The number of methoxy groups -OCH3 is 1. The van der Waals surface area contributed by atoms with Crippen LogP contribution in [-0.4, -0.2) is 33.1 Å². The molecule has 0 saturated carbocycles. The van der Waals surface area contributed by atoms with Crippen molar-refractivity contribution in [2.45, 2.75) is 6.92 Å². The summed E-state index contributed by atoms with van der Waals surface area (Å²) < 4.78 is 14.2. The Bertz CT molecular complexity index is 1340. The number of nitrogens with zero attached hydrogens (tertiary/aromatic N) is 4. The summed E-state index contributed by atoms with van der Waals surface area (Å²) in [6.07, 6.45) is 5.65. The molecule has 0 radical (unpaired) electrons. The van der Waals surface area contributed by atoms with Crippen LogP contribution in [0.1, 0.15) is 6.92 Å². The Morgan fingerprint density at radius 1 is 1.10 bits per heavy atom. The van der Waals surface area contributed by atoms with Gasteiger partial charge in [-0.05, 0) is 31.2 Å². The maximum absolute atomic E-state index is 5.61. The first-order valence-corrected chi connectivity index (χ1v) is 10.4. The summed E-state index contributed by atoms with van der Waals surface area (Å²) in [6, 6.07) is 11.9. The van der Waals surface area contributed by atoms with Crippen molar-refractivity contribution >= 4 is 38.7 Å². The van der Waals surface area contributed by atoms with Gasteiger partial charge in [-0.2, -0.15) is 0 Å². The molecule has 150 valence electrons. The van der Waals surface area contributed by atoms with Crippen molar-refractivity contribution in [3.63, 3.8) is 0 Å². The van der Waals surface area contributed by atoms with E-state index in [0.717, 1.165) is 32.8 Å². The first-order valence-electron chi connectivity index (χ1n) is 9.50. The number of anilines is 2. The maximum atomic E-state index is 5.61. The summed E-state index contributed by atoms with van der Waals surface area (Å²) in [7, 11) is 1.63. The third kappa shape index (κ3) is 3.31. The molecule has 8 heteroatoms. The topological polar surface area (TPSA) is 73.6 Å². The molecule has 0 unspecified atom stereocenters. The van der Waals surface area contributed by atoms with Crippen molar-refractivity contribution in [2.75, 3.05) is 19.0 Å². The zero-order chi connectivity index (χ0) is 20.5. The van der Waals surface area contributed by atoms with Crippen molar-refractivity contribution in [3.8, 4) is 22.8 Å². The third-order valence-electron chi connectivity index (χ3n) is 4.73. The van der Waals surface area contributed by atoms with E-state index in [1.807, 2.05) is 59.6 Å². The van der Waals surface area contributed by atoms with E-state index in [1.54, 1.807) is 24.6 Å². The van der Waals surface area contributed by atoms with Gasteiger partial charge < -0.3 is 19.2 Å². The van der Waals surface area contributed by atoms with Gasteiger partial charge in [0.05, 0.1) is 35.1 Å². The lowest BCUT2D eigenvalue weighted by Crippen LogP contribution is -2.01. The second-order valence-electron chi connectivity index (χ2n) is 6.59. The summed E-state index contributed by atoms with van der Waals surface area (Å²) in [5.41, 5.74) is 6.29. The molecule has 30 heavy (non-hydrogen) atoms.